The molecule has 1 aromatic rings. The topological polar surface area (TPSA) is 0 Å². The maximum atomic E-state index is 5.83. The first kappa shape index (κ1) is 8.12. The molecule has 0 aliphatic heterocycles. The molecule has 1 saturated carbocycles. The van der Waals surface area contributed by atoms with Crippen LogP contribution in [0.2, 0.25) is 0 Å². The van der Waals surface area contributed by atoms with Crippen LogP contribution in [0.25, 0.3) is 0 Å². The van der Waals surface area contributed by atoms with Gasteiger partial charge in [-0.25, -0.2) is 0 Å². The Bertz CT molecular complexity index is 268. The van der Waals surface area contributed by atoms with Gasteiger partial charge in [-0.15, -0.1) is 11.6 Å². The lowest BCUT2D eigenvalue weighted by molar-refractivity contribution is 0.706. The first-order valence-corrected chi connectivity index (χ1v) is 4.92. The molecule has 2 atom stereocenters. The van der Waals surface area contributed by atoms with Crippen molar-refractivity contribution >= 4 is 11.6 Å². The van der Waals surface area contributed by atoms with Crippen LogP contribution in [0.1, 0.15) is 18.9 Å². The molecule has 0 radical (unpaired) electrons. The van der Waals surface area contributed by atoms with Crippen molar-refractivity contribution in [3.05, 3.63) is 35.9 Å². The van der Waals surface area contributed by atoms with Gasteiger partial charge < -0.3 is 0 Å². The zero-order chi connectivity index (χ0) is 8.60. The van der Waals surface area contributed by atoms with E-state index in [4.69, 9.17) is 11.6 Å². The van der Waals surface area contributed by atoms with Gasteiger partial charge in [0.2, 0.25) is 0 Å². The second-order valence-electron chi connectivity index (χ2n) is 3.84. The summed E-state index contributed by atoms with van der Waals surface area (Å²) in [6.07, 6.45) is 1.25. The van der Waals surface area contributed by atoms with E-state index < -0.39 is 0 Å². The minimum atomic E-state index is 0.378. The van der Waals surface area contributed by atoms with Gasteiger partial charge in [0.1, 0.15) is 0 Å². The van der Waals surface area contributed by atoms with Gasteiger partial charge in [0.25, 0.3) is 0 Å². The van der Waals surface area contributed by atoms with E-state index in [1.165, 1.54) is 12.0 Å². The lowest BCUT2D eigenvalue weighted by Crippen LogP contribution is -2.04. The Kier molecular flexibility index (Phi) is 1.88. The lowest BCUT2D eigenvalue weighted by Gasteiger charge is -2.09. The molecule has 1 aliphatic carbocycles. The van der Waals surface area contributed by atoms with Crippen molar-refractivity contribution in [2.24, 2.45) is 5.92 Å². The summed E-state index contributed by atoms with van der Waals surface area (Å²) in [5, 5.41) is 0. The van der Waals surface area contributed by atoms with Crippen LogP contribution in [0.3, 0.4) is 0 Å². The zero-order valence-electron chi connectivity index (χ0n) is 7.26. The Morgan fingerprint density at radius 2 is 2.08 bits per heavy atom. The van der Waals surface area contributed by atoms with Gasteiger partial charge in [0.15, 0.2) is 0 Å². The molecule has 2 unspecified atom stereocenters. The monoisotopic (exact) mass is 180 g/mol. The summed E-state index contributed by atoms with van der Waals surface area (Å²) in [5.74, 6) is 1.49. The van der Waals surface area contributed by atoms with Crippen LogP contribution in [0.5, 0.6) is 0 Å². The van der Waals surface area contributed by atoms with Gasteiger partial charge >= 0.3 is 0 Å². The van der Waals surface area contributed by atoms with Crippen LogP contribution in [0, 0.1) is 5.92 Å². The number of halogens is 1. The maximum Gasteiger partial charge on any atom is 0.0260 e. The highest BCUT2D eigenvalue weighted by Crippen LogP contribution is 2.54. The zero-order valence-corrected chi connectivity index (χ0v) is 8.01. The molecule has 1 heteroatoms. The predicted molar refractivity (Wildman–Crippen MR) is 52.6 cm³/mol. The summed E-state index contributed by atoms with van der Waals surface area (Å²) in [7, 11) is 0. The van der Waals surface area contributed by atoms with Crippen molar-refractivity contribution < 1.29 is 0 Å². The number of hydrogen-bond donors (Lipinski definition) is 0. The molecule has 0 N–H and O–H groups in total. The highest BCUT2D eigenvalue weighted by Gasteiger charge is 2.50. The van der Waals surface area contributed by atoms with E-state index >= 15 is 0 Å². The van der Waals surface area contributed by atoms with E-state index in [0.29, 0.717) is 11.3 Å². The third-order valence-corrected chi connectivity index (χ3v) is 3.40. The minimum absolute atomic E-state index is 0.378. The second kappa shape index (κ2) is 2.77. The molecule has 0 heterocycles. The van der Waals surface area contributed by atoms with Crippen LogP contribution in [-0.2, 0) is 5.41 Å². The van der Waals surface area contributed by atoms with Gasteiger partial charge in [0, 0.05) is 5.88 Å². The molecule has 0 spiro atoms. The Labute approximate surface area is 78.6 Å². The quantitative estimate of drug-likeness (QED) is 0.614. The molecule has 0 amide bonds. The third-order valence-electron chi connectivity index (χ3n) is 3.03. The smallest absolute Gasteiger partial charge is 0.0260 e. The van der Waals surface area contributed by atoms with Crippen molar-refractivity contribution in [2.75, 3.05) is 5.88 Å². The fourth-order valence-corrected chi connectivity index (χ4v) is 2.30. The summed E-state index contributed by atoms with van der Waals surface area (Å²) in [5.41, 5.74) is 1.82. The normalized spacial score (nSPS) is 33.3. The predicted octanol–water partition coefficient (Wildman–Crippen LogP) is 3.20. The molecule has 1 aliphatic rings. The number of hydrogen-bond acceptors (Lipinski definition) is 0. The first-order valence-electron chi connectivity index (χ1n) is 4.39. The number of benzene rings is 1. The molecular formula is C11H13Cl. The highest BCUT2D eigenvalue weighted by molar-refractivity contribution is 6.18. The average molecular weight is 181 g/mol. The molecule has 0 nitrogen and oxygen atoms in total. The summed E-state index contributed by atoms with van der Waals surface area (Å²) in [4.78, 5) is 0. The van der Waals surface area contributed by atoms with Gasteiger partial charge in [0.05, 0.1) is 0 Å². The Hall–Kier alpha value is -0.490. The largest absolute Gasteiger partial charge is 0.126 e. The van der Waals surface area contributed by atoms with E-state index in [1.807, 2.05) is 0 Å². The average Bonchev–Trinajstić information content (AvgIpc) is 2.81. The Morgan fingerprint density at radius 1 is 1.42 bits per heavy atom. The molecule has 1 aromatic carbocycles. The Morgan fingerprint density at radius 3 is 2.58 bits per heavy atom. The molecule has 1 fully saturated rings. The third kappa shape index (κ3) is 1.15. The van der Waals surface area contributed by atoms with Crippen LogP contribution in [0.15, 0.2) is 30.3 Å². The van der Waals surface area contributed by atoms with E-state index in [-0.39, 0.29) is 0 Å². The minimum Gasteiger partial charge on any atom is -0.126 e. The fourth-order valence-electron chi connectivity index (χ4n) is 1.85. The summed E-state index contributed by atoms with van der Waals surface area (Å²) >= 11 is 5.83. The SMILES string of the molecule is CC1(c2ccccc2)CC1CCl. The van der Waals surface area contributed by atoms with Crippen molar-refractivity contribution in [3.63, 3.8) is 0 Å². The van der Waals surface area contributed by atoms with Crippen molar-refractivity contribution in [1.29, 1.82) is 0 Å². The van der Waals surface area contributed by atoms with Gasteiger partial charge in [-0.1, -0.05) is 37.3 Å². The van der Waals surface area contributed by atoms with Gasteiger partial charge in [-0.3, -0.25) is 0 Å². The highest BCUT2D eigenvalue weighted by atomic mass is 35.5. The number of alkyl halides is 1. The van der Waals surface area contributed by atoms with Crippen LogP contribution < -0.4 is 0 Å². The molecular weight excluding hydrogens is 168 g/mol. The molecule has 0 aromatic heterocycles. The molecule has 0 bridgehead atoms. The van der Waals surface area contributed by atoms with Gasteiger partial charge in [-0.05, 0) is 23.3 Å². The van der Waals surface area contributed by atoms with Crippen molar-refractivity contribution in [2.45, 2.75) is 18.8 Å². The van der Waals surface area contributed by atoms with Crippen LogP contribution in [-0.4, -0.2) is 5.88 Å². The van der Waals surface area contributed by atoms with Crippen LogP contribution >= 0.6 is 11.6 Å². The first-order chi connectivity index (χ1) is 5.77. The van der Waals surface area contributed by atoms with Crippen LogP contribution in [0.4, 0.5) is 0 Å². The standard InChI is InChI=1S/C11H13Cl/c1-11(7-10(11)8-12)9-5-3-2-4-6-9/h2-6,10H,7-8H2,1H3. The number of rotatable bonds is 2. The van der Waals surface area contributed by atoms with E-state index in [2.05, 4.69) is 37.3 Å². The summed E-state index contributed by atoms with van der Waals surface area (Å²) < 4.78 is 0. The summed E-state index contributed by atoms with van der Waals surface area (Å²) in [6.45, 7) is 2.30. The summed E-state index contributed by atoms with van der Waals surface area (Å²) in [6, 6.07) is 10.7. The van der Waals surface area contributed by atoms with Gasteiger partial charge in [-0.2, -0.15) is 0 Å². The van der Waals surface area contributed by atoms with E-state index in [1.54, 1.807) is 0 Å². The molecule has 12 heavy (non-hydrogen) atoms. The second-order valence-corrected chi connectivity index (χ2v) is 4.15. The molecule has 0 saturated heterocycles. The lowest BCUT2D eigenvalue weighted by atomic mass is 9.96. The maximum absolute atomic E-state index is 5.83. The van der Waals surface area contributed by atoms with Crippen molar-refractivity contribution in [1.82, 2.24) is 0 Å². The van der Waals surface area contributed by atoms with E-state index in [9.17, 15) is 0 Å². The molecule has 64 valence electrons. The van der Waals surface area contributed by atoms with E-state index in [0.717, 1.165) is 5.88 Å². The Balaban J connectivity index is 2.23. The fraction of sp³-hybridized carbons (Fsp3) is 0.455. The van der Waals surface area contributed by atoms with Crippen molar-refractivity contribution in [3.8, 4) is 0 Å². The molecule has 2 rings (SSSR count).